The van der Waals surface area contributed by atoms with Crippen molar-refractivity contribution in [1.29, 1.82) is 0 Å². The molecule has 0 aliphatic carbocycles. The molecular weight excluding hydrogens is 328 g/mol. The zero-order valence-electron chi connectivity index (χ0n) is 15.0. The molecule has 1 aliphatic rings. The van der Waals surface area contributed by atoms with Gasteiger partial charge in [-0.2, -0.15) is 5.10 Å². The highest BCUT2D eigenvalue weighted by Gasteiger charge is 2.41. The van der Waals surface area contributed by atoms with E-state index >= 15 is 0 Å². The number of para-hydroxylation sites is 2. The van der Waals surface area contributed by atoms with Gasteiger partial charge in [0.2, 0.25) is 5.91 Å². The van der Waals surface area contributed by atoms with Gasteiger partial charge in [0, 0.05) is 25.5 Å². The summed E-state index contributed by atoms with van der Waals surface area (Å²) in [6.45, 7) is 4.90. The highest BCUT2D eigenvalue weighted by atomic mass is 16.2. The summed E-state index contributed by atoms with van der Waals surface area (Å²) in [6.07, 6.45) is 5.11. The molecule has 0 radical (unpaired) electrons. The molecule has 0 spiro atoms. The zero-order chi connectivity index (χ0) is 18.0. The summed E-state index contributed by atoms with van der Waals surface area (Å²) < 4.78 is 3.97. The number of nitrogens with zero attached hydrogens (tertiary/aromatic N) is 4. The van der Waals surface area contributed by atoms with Crippen molar-refractivity contribution in [2.75, 3.05) is 19.6 Å². The lowest BCUT2D eigenvalue weighted by Gasteiger charge is -2.36. The van der Waals surface area contributed by atoms with E-state index in [2.05, 4.69) is 31.3 Å². The standard InChI is InChI=1S/C19H24N6O/c1-15-23-16-5-2-3-6-17(16)24(15)14-12-21-18(26)19(7-10-20-11-8-19)25-13-4-9-22-25/h2-6,9,13,20H,7-8,10-12,14H2,1H3,(H,21,26). The second-order valence-corrected chi connectivity index (χ2v) is 6.79. The van der Waals surface area contributed by atoms with E-state index in [0.717, 1.165) is 42.8 Å². The van der Waals surface area contributed by atoms with Crippen molar-refractivity contribution >= 4 is 16.9 Å². The van der Waals surface area contributed by atoms with Crippen molar-refractivity contribution in [2.24, 2.45) is 0 Å². The first-order valence-corrected chi connectivity index (χ1v) is 9.12. The summed E-state index contributed by atoms with van der Waals surface area (Å²) in [5.74, 6) is 1.01. The summed E-state index contributed by atoms with van der Waals surface area (Å²) >= 11 is 0. The molecule has 3 heterocycles. The largest absolute Gasteiger partial charge is 0.352 e. The number of rotatable bonds is 5. The minimum absolute atomic E-state index is 0.0461. The average Bonchev–Trinajstić information content (AvgIpc) is 3.31. The molecule has 1 saturated heterocycles. The van der Waals surface area contributed by atoms with Gasteiger partial charge in [-0.25, -0.2) is 4.98 Å². The van der Waals surface area contributed by atoms with Crippen molar-refractivity contribution in [1.82, 2.24) is 30.0 Å². The maximum atomic E-state index is 13.1. The Morgan fingerprint density at radius 1 is 1.27 bits per heavy atom. The first kappa shape index (κ1) is 16.8. The number of benzene rings is 1. The molecule has 1 fully saturated rings. The SMILES string of the molecule is Cc1nc2ccccc2n1CCNC(=O)C1(n2cccn2)CCNCC1. The third-order valence-corrected chi connectivity index (χ3v) is 5.26. The zero-order valence-corrected chi connectivity index (χ0v) is 15.0. The fourth-order valence-corrected chi connectivity index (χ4v) is 3.85. The lowest BCUT2D eigenvalue weighted by Crippen LogP contribution is -2.55. The van der Waals surface area contributed by atoms with Crippen LogP contribution >= 0.6 is 0 Å². The summed E-state index contributed by atoms with van der Waals surface area (Å²) in [6, 6.07) is 9.96. The number of hydrogen-bond acceptors (Lipinski definition) is 4. The molecule has 2 aromatic heterocycles. The molecule has 3 aromatic rings. The first-order chi connectivity index (χ1) is 12.7. The molecule has 1 aromatic carbocycles. The summed E-state index contributed by atoms with van der Waals surface area (Å²) in [5.41, 5.74) is 1.49. The topological polar surface area (TPSA) is 76.8 Å². The predicted molar refractivity (Wildman–Crippen MR) is 99.8 cm³/mol. The number of carbonyl (C=O) groups is 1. The molecule has 0 unspecified atom stereocenters. The summed E-state index contributed by atoms with van der Waals surface area (Å²) in [5, 5.41) is 10.8. The molecule has 7 nitrogen and oxygen atoms in total. The predicted octanol–water partition coefficient (Wildman–Crippen LogP) is 1.44. The Kier molecular flexibility index (Phi) is 4.46. The number of aromatic nitrogens is 4. The van der Waals surface area contributed by atoms with Crippen LogP contribution in [-0.4, -0.2) is 44.9 Å². The highest BCUT2D eigenvalue weighted by Crippen LogP contribution is 2.27. The van der Waals surface area contributed by atoms with E-state index in [4.69, 9.17) is 0 Å². The van der Waals surface area contributed by atoms with E-state index in [-0.39, 0.29) is 5.91 Å². The van der Waals surface area contributed by atoms with Gasteiger partial charge in [0.1, 0.15) is 11.4 Å². The second kappa shape index (κ2) is 6.92. The van der Waals surface area contributed by atoms with E-state index in [0.29, 0.717) is 13.1 Å². The van der Waals surface area contributed by atoms with Gasteiger partial charge in [-0.05, 0) is 51.1 Å². The normalized spacial score (nSPS) is 16.7. The van der Waals surface area contributed by atoms with Gasteiger partial charge in [-0.15, -0.1) is 0 Å². The number of imidazole rings is 1. The number of fused-ring (bicyclic) bond motifs is 1. The van der Waals surface area contributed by atoms with Crippen LogP contribution < -0.4 is 10.6 Å². The highest BCUT2D eigenvalue weighted by molar-refractivity contribution is 5.84. The summed E-state index contributed by atoms with van der Waals surface area (Å²) in [7, 11) is 0. The van der Waals surface area contributed by atoms with Crippen LogP contribution in [0, 0.1) is 6.92 Å². The number of piperidine rings is 1. The van der Waals surface area contributed by atoms with Crippen molar-refractivity contribution < 1.29 is 4.79 Å². The molecule has 0 bridgehead atoms. The maximum Gasteiger partial charge on any atom is 0.248 e. The Balaban J connectivity index is 1.48. The van der Waals surface area contributed by atoms with Gasteiger partial charge in [-0.3, -0.25) is 9.48 Å². The maximum absolute atomic E-state index is 13.1. The first-order valence-electron chi connectivity index (χ1n) is 9.12. The Labute approximate surface area is 152 Å². The van der Waals surface area contributed by atoms with Crippen molar-refractivity contribution in [3.8, 4) is 0 Å². The number of carbonyl (C=O) groups excluding carboxylic acids is 1. The van der Waals surface area contributed by atoms with E-state index in [1.807, 2.05) is 42.1 Å². The van der Waals surface area contributed by atoms with Crippen LogP contribution in [0.5, 0.6) is 0 Å². The van der Waals surface area contributed by atoms with Gasteiger partial charge in [0.25, 0.3) is 0 Å². The Morgan fingerprint density at radius 3 is 2.85 bits per heavy atom. The number of hydrogen-bond donors (Lipinski definition) is 2. The Hall–Kier alpha value is -2.67. The van der Waals surface area contributed by atoms with Gasteiger partial charge in [-0.1, -0.05) is 12.1 Å². The third kappa shape index (κ3) is 2.88. The van der Waals surface area contributed by atoms with Gasteiger partial charge in [0.05, 0.1) is 11.0 Å². The molecule has 1 amide bonds. The van der Waals surface area contributed by atoms with Crippen LogP contribution in [-0.2, 0) is 16.9 Å². The number of nitrogens with one attached hydrogen (secondary N) is 2. The molecule has 0 saturated carbocycles. The molecular formula is C19H24N6O. The summed E-state index contributed by atoms with van der Waals surface area (Å²) in [4.78, 5) is 17.7. The van der Waals surface area contributed by atoms with Crippen LogP contribution in [0.3, 0.4) is 0 Å². The van der Waals surface area contributed by atoms with Crippen molar-refractivity contribution in [3.05, 3.63) is 48.5 Å². The van der Waals surface area contributed by atoms with Crippen LogP contribution in [0.15, 0.2) is 42.7 Å². The monoisotopic (exact) mass is 352 g/mol. The van der Waals surface area contributed by atoms with Crippen LogP contribution in [0.2, 0.25) is 0 Å². The minimum Gasteiger partial charge on any atom is -0.352 e. The molecule has 136 valence electrons. The second-order valence-electron chi connectivity index (χ2n) is 6.79. The van der Waals surface area contributed by atoms with Gasteiger partial charge >= 0.3 is 0 Å². The minimum atomic E-state index is -0.596. The van der Waals surface area contributed by atoms with E-state index < -0.39 is 5.54 Å². The van der Waals surface area contributed by atoms with Crippen molar-refractivity contribution in [2.45, 2.75) is 31.8 Å². The fourth-order valence-electron chi connectivity index (χ4n) is 3.85. The van der Waals surface area contributed by atoms with E-state index in [1.54, 1.807) is 6.20 Å². The van der Waals surface area contributed by atoms with Gasteiger partial charge in [0.15, 0.2) is 0 Å². The lowest BCUT2D eigenvalue weighted by molar-refractivity contribution is -0.132. The third-order valence-electron chi connectivity index (χ3n) is 5.26. The molecule has 26 heavy (non-hydrogen) atoms. The number of amides is 1. The van der Waals surface area contributed by atoms with Crippen molar-refractivity contribution in [3.63, 3.8) is 0 Å². The van der Waals surface area contributed by atoms with Gasteiger partial charge < -0.3 is 15.2 Å². The fraction of sp³-hybridized carbons (Fsp3) is 0.421. The van der Waals surface area contributed by atoms with Crippen LogP contribution in [0.4, 0.5) is 0 Å². The molecule has 2 N–H and O–H groups in total. The Bertz CT molecular complexity index is 892. The lowest BCUT2D eigenvalue weighted by atomic mass is 9.87. The number of aryl methyl sites for hydroxylation is 1. The smallest absolute Gasteiger partial charge is 0.248 e. The Morgan fingerprint density at radius 2 is 2.08 bits per heavy atom. The quantitative estimate of drug-likeness (QED) is 0.728. The van der Waals surface area contributed by atoms with E-state index in [9.17, 15) is 4.79 Å². The van der Waals surface area contributed by atoms with E-state index in [1.165, 1.54) is 0 Å². The molecule has 4 rings (SSSR count). The van der Waals surface area contributed by atoms with Crippen LogP contribution in [0.25, 0.3) is 11.0 Å². The molecule has 0 atom stereocenters. The molecule has 1 aliphatic heterocycles. The molecule has 7 heteroatoms. The van der Waals surface area contributed by atoms with Crippen LogP contribution in [0.1, 0.15) is 18.7 Å². The average molecular weight is 352 g/mol.